The van der Waals surface area contributed by atoms with E-state index >= 15 is 0 Å². The van der Waals surface area contributed by atoms with Crippen molar-refractivity contribution >= 4 is 45.1 Å². The molecule has 0 aliphatic carbocycles. The maximum Gasteiger partial charge on any atom is 0.427 e. The average Bonchev–Trinajstić information content (AvgIpc) is 2.76. The van der Waals surface area contributed by atoms with Gasteiger partial charge in [0.2, 0.25) is 5.60 Å². The Morgan fingerprint density at radius 1 is 1.28 bits per heavy atom. The number of carboxylic acids is 1. The molecule has 0 saturated carbocycles. The van der Waals surface area contributed by atoms with Gasteiger partial charge in [0.05, 0.1) is 17.3 Å². The molecule has 15 heteroatoms. The highest BCUT2D eigenvalue weighted by Crippen LogP contribution is 2.40. The third-order valence-electron chi connectivity index (χ3n) is 5.10. The van der Waals surface area contributed by atoms with E-state index in [2.05, 4.69) is 15.0 Å². The van der Waals surface area contributed by atoms with Crippen LogP contribution < -0.4 is 14.4 Å². The second-order valence-electron chi connectivity index (χ2n) is 8.23. The minimum absolute atomic E-state index is 0.00626. The summed E-state index contributed by atoms with van der Waals surface area (Å²) in [6.45, 7) is 1.07. The Balaban J connectivity index is 1.95. The number of ether oxygens (including phenoxy) is 2. The number of pyridine rings is 1. The highest BCUT2D eigenvalue weighted by molar-refractivity contribution is 7.92. The highest BCUT2D eigenvalue weighted by Gasteiger charge is 2.51. The summed E-state index contributed by atoms with van der Waals surface area (Å²) in [5.41, 5.74) is -2.90. The smallest absolute Gasteiger partial charge is 0.427 e. The van der Waals surface area contributed by atoms with Gasteiger partial charge in [-0.05, 0) is 50.6 Å². The molecule has 0 saturated heterocycles. The van der Waals surface area contributed by atoms with Crippen LogP contribution in [0.1, 0.15) is 26.7 Å². The van der Waals surface area contributed by atoms with Crippen molar-refractivity contribution < 1.29 is 45.8 Å². The van der Waals surface area contributed by atoms with Crippen molar-refractivity contribution in [1.82, 2.24) is 4.98 Å². The Kier molecular flexibility index (Phi) is 7.60. The Morgan fingerprint density at radius 3 is 2.56 bits per heavy atom. The molecular formula is C21H21ClF3N3O7S. The number of nitrogens with one attached hydrogen (secondary N) is 1. The summed E-state index contributed by atoms with van der Waals surface area (Å²) in [4.78, 5) is 26.9. The summed E-state index contributed by atoms with van der Waals surface area (Å²) in [5.74, 6) is -1.05. The van der Waals surface area contributed by atoms with Crippen LogP contribution in [-0.2, 0) is 19.6 Å². The number of carbonyl (C=O) groups is 2. The fourth-order valence-electron chi connectivity index (χ4n) is 3.11. The Hall–Kier alpha value is -3.26. The van der Waals surface area contributed by atoms with E-state index in [0.29, 0.717) is 13.8 Å². The number of hydrogen-bond donors (Lipinski definition) is 2. The van der Waals surface area contributed by atoms with Crippen molar-refractivity contribution in [1.29, 1.82) is 0 Å². The van der Waals surface area contributed by atoms with Crippen LogP contribution in [0.5, 0.6) is 5.75 Å². The Morgan fingerprint density at radius 2 is 1.97 bits per heavy atom. The number of aliphatic carboxylic acids is 1. The zero-order chi connectivity index (χ0) is 26.9. The number of sulfonamides is 1. The van der Waals surface area contributed by atoms with Gasteiger partial charge in [-0.1, -0.05) is 11.6 Å². The van der Waals surface area contributed by atoms with Crippen molar-refractivity contribution in [2.75, 3.05) is 16.2 Å². The van der Waals surface area contributed by atoms with Crippen LogP contribution >= 0.6 is 11.6 Å². The van der Waals surface area contributed by atoms with Crippen LogP contribution in [0.4, 0.5) is 29.3 Å². The number of rotatable bonds is 7. The third-order valence-corrected chi connectivity index (χ3v) is 7.02. The molecule has 10 nitrogen and oxygen atoms in total. The molecule has 0 bridgehead atoms. The summed E-state index contributed by atoms with van der Waals surface area (Å²) in [6, 6.07) is 6.24. The van der Waals surface area contributed by atoms with E-state index in [0.717, 1.165) is 10.5 Å². The number of nitrogens with zero attached hydrogens (tertiary/aromatic N) is 2. The molecule has 0 spiro atoms. The Labute approximate surface area is 209 Å². The second kappa shape index (κ2) is 10.0. The highest BCUT2D eigenvalue weighted by atomic mass is 35.5. The van der Waals surface area contributed by atoms with Gasteiger partial charge in [0.1, 0.15) is 11.9 Å². The van der Waals surface area contributed by atoms with E-state index in [4.69, 9.17) is 21.4 Å². The summed E-state index contributed by atoms with van der Waals surface area (Å²) < 4.78 is 77.0. The number of halogens is 4. The molecular weight excluding hydrogens is 531 g/mol. The standard InChI is InChI=1S/C21H21ClF3N3O7S/c1-20(2,21(23,24)25)35-19(31)27-13-4-6-16-15(9-13)28(11-14(34-16)5-8-18(29)30)36(32,33)17-7-3-12(22)10-26-17/h3-4,6-7,9-10,14H,5,8,11H2,1-2H3,(H,27,31)(H,29,30)/t14-/m0/s1. The van der Waals surface area contributed by atoms with E-state index in [-0.39, 0.29) is 46.6 Å². The van der Waals surface area contributed by atoms with Gasteiger partial charge in [0.25, 0.3) is 10.0 Å². The van der Waals surface area contributed by atoms with Crippen LogP contribution in [-0.4, -0.2) is 55.0 Å². The molecule has 1 aliphatic heterocycles. The van der Waals surface area contributed by atoms with Gasteiger partial charge in [0.15, 0.2) is 5.03 Å². The number of hydrogen-bond acceptors (Lipinski definition) is 7. The maximum absolute atomic E-state index is 13.4. The quantitative estimate of drug-likeness (QED) is 0.515. The molecule has 1 atom stereocenters. The fraction of sp³-hybridized carbons (Fsp3) is 0.381. The van der Waals surface area contributed by atoms with Gasteiger partial charge in [-0.25, -0.2) is 9.78 Å². The van der Waals surface area contributed by atoms with E-state index in [1.54, 1.807) is 0 Å². The van der Waals surface area contributed by atoms with E-state index in [9.17, 15) is 31.2 Å². The largest absolute Gasteiger partial charge is 0.486 e. The molecule has 0 radical (unpaired) electrons. The third kappa shape index (κ3) is 6.10. The molecule has 3 rings (SSSR count). The first-order valence-corrected chi connectivity index (χ1v) is 12.2. The van der Waals surface area contributed by atoms with Crippen LogP contribution in [0.25, 0.3) is 0 Å². The van der Waals surface area contributed by atoms with Gasteiger partial charge >= 0.3 is 18.2 Å². The Bertz CT molecular complexity index is 1250. The molecule has 1 aromatic heterocycles. The number of anilines is 2. The summed E-state index contributed by atoms with van der Waals surface area (Å²) in [6.07, 6.45) is -6.22. The van der Waals surface area contributed by atoms with Crippen molar-refractivity contribution in [2.24, 2.45) is 0 Å². The first-order chi connectivity index (χ1) is 16.6. The minimum Gasteiger partial charge on any atom is -0.486 e. The molecule has 0 fully saturated rings. The zero-order valence-electron chi connectivity index (χ0n) is 18.9. The van der Waals surface area contributed by atoms with Gasteiger partial charge in [-0.15, -0.1) is 0 Å². The normalized spacial score (nSPS) is 16.1. The molecule has 1 amide bonds. The molecule has 196 valence electrons. The molecule has 1 aliphatic rings. The van der Waals surface area contributed by atoms with Crippen LogP contribution in [0, 0.1) is 0 Å². The lowest BCUT2D eigenvalue weighted by molar-refractivity contribution is -0.242. The molecule has 2 heterocycles. The number of alkyl halides is 3. The topological polar surface area (TPSA) is 135 Å². The lowest BCUT2D eigenvalue weighted by atomic mass is 10.1. The summed E-state index contributed by atoms with van der Waals surface area (Å²) in [7, 11) is -4.31. The van der Waals surface area contributed by atoms with Crippen LogP contribution in [0.3, 0.4) is 0 Å². The monoisotopic (exact) mass is 551 g/mol. The number of aromatic nitrogens is 1. The van der Waals surface area contributed by atoms with Crippen LogP contribution in [0.2, 0.25) is 5.02 Å². The SMILES string of the molecule is CC(C)(OC(=O)Nc1ccc2c(c1)N(S(=O)(=O)c1ccc(Cl)cn1)C[C@H](CCC(=O)O)O2)C(F)(F)F. The van der Waals surface area contributed by atoms with Crippen LogP contribution in [0.15, 0.2) is 41.6 Å². The predicted octanol–water partition coefficient (Wildman–Crippen LogP) is 4.45. The first kappa shape index (κ1) is 27.3. The molecule has 2 N–H and O–H groups in total. The summed E-state index contributed by atoms with van der Waals surface area (Å²) >= 11 is 5.80. The lowest BCUT2D eigenvalue weighted by Gasteiger charge is -2.35. The lowest BCUT2D eigenvalue weighted by Crippen LogP contribution is -2.44. The van der Waals surface area contributed by atoms with Crippen molar-refractivity contribution in [3.8, 4) is 5.75 Å². The van der Waals surface area contributed by atoms with Crippen molar-refractivity contribution in [2.45, 2.75) is 49.6 Å². The maximum atomic E-state index is 13.4. The average molecular weight is 552 g/mol. The number of benzene rings is 1. The van der Waals surface area contributed by atoms with E-state index in [1.165, 1.54) is 30.3 Å². The number of carbonyl (C=O) groups excluding carboxylic acids is 1. The summed E-state index contributed by atoms with van der Waals surface area (Å²) in [5, 5.41) is 11.0. The number of carboxylic acid groups (broad SMARTS) is 1. The molecule has 1 aromatic carbocycles. The predicted molar refractivity (Wildman–Crippen MR) is 122 cm³/mol. The van der Waals surface area contributed by atoms with E-state index in [1.807, 2.05) is 0 Å². The zero-order valence-corrected chi connectivity index (χ0v) is 20.4. The van der Waals surface area contributed by atoms with Gasteiger partial charge in [0, 0.05) is 18.3 Å². The molecule has 36 heavy (non-hydrogen) atoms. The van der Waals surface area contributed by atoms with Gasteiger partial charge in [-0.3, -0.25) is 14.4 Å². The van der Waals surface area contributed by atoms with Crippen molar-refractivity contribution in [3.05, 3.63) is 41.6 Å². The molecule has 0 unspecified atom stereocenters. The van der Waals surface area contributed by atoms with E-state index < -0.39 is 40.0 Å². The molecule has 2 aromatic rings. The minimum atomic E-state index is -4.82. The number of fused-ring (bicyclic) bond motifs is 1. The van der Waals surface area contributed by atoms with Gasteiger partial charge < -0.3 is 14.6 Å². The number of amides is 1. The first-order valence-electron chi connectivity index (χ1n) is 10.3. The van der Waals surface area contributed by atoms with Gasteiger partial charge in [-0.2, -0.15) is 21.6 Å². The fourth-order valence-corrected chi connectivity index (χ4v) is 4.64. The second-order valence-corrected chi connectivity index (χ2v) is 10.5. The van der Waals surface area contributed by atoms with Crippen molar-refractivity contribution in [3.63, 3.8) is 0 Å².